The summed E-state index contributed by atoms with van der Waals surface area (Å²) in [4.78, 5) is 4.02. The molecular weight excluding hydrogens is 276 g/mol. The number of nitrogens with one attached hydrogen (secondary N) is 1. The zero-order chi connectivity index (χ0) is 13.8. The van der Waals surface area contributed by atoms with Gasteiger partial charge in [-0.15, -0.1) is 0 Å². The van der Waals surface area contributed by atoms with Crippen molar-refractivity contribution in [3.63, 3.8) is 0 Å². The molecule has 0 spiro atoms. The second-order valence-electron chi connectivity index (χ2n) is 3.64. The fraction of sp³-hybridized carbons (Fsp3) is 0.0833. The van der Waals surface area contributed by atoms with Crippen LogP contribution in [0.5, 0.6) is 5.75 Å². The molecule has 0 amide bonds. The topological polar surface area (TPSA) is 60.2 Å². The van der Waals surface area contributed by atoms with Gasteiger partial charge in [-0.05, 0) is 30.3 Å². The molecule has 2 aromatic rings. The average Bonchev–Trinajstić information content (AvgIpc) is 2.29. The van der Waals surface area contributed by atoms with E-state index >= 15 is 0 Å². The maximum atomic E-state index is 12.0. The van der Waals surface area contributed by atoms with Crippen molar-refractivity contribution in [1.82, 2.24) is 4.98 Å². The van der Waals surface area contributed by atoms with Crippen LogP contribution in [-0.4, -0.2) is 11.6 Å². The Morgan fingerprint density at radius 3 is 2.47 bits per heavy atom. The van der Waals surface area contributed by atoms with Crippen LogP contribution in [0.25, 0.3) is 0 Å². The number of rotatable bonds is 4. The Morgan fingerprint density at radius 2 is 1.89 bits per heavy atom. The summed E-state index contributed by atoms with van der Waals surface area (Å²) in [6, 6.07) is 9.12. The Balaban J connectivity index is 2.10. The third-order valence-electron chi connectivity index (χ3n) is 2.17. The van der Waals surface area contributed by atoms with Crippen molar-refractivity contribution in [2.75, 3.05) is 11.1 Å². The number of nitrogen functional groups attached to an aromatic ring is 1. The van der Waals surface area contributed by atoms with E-state index in [1.54, 1.807) is 18.2 Å². The van der Waals surface area contributed by atoms with Gasteiger partial charge in [-0.25, -0.2) is 4.98 Å². The van der Waals surface area contributed by atoms with Crippen molar-refractivity contribution in [2.24, 2.45) is 0 Å². The fourth-order valence-electron chi connectivity index (χ4n) is 1.45. The monoisotopic (exact) mass is 285 g/mol. The molecule has 1 aromatic carbocycles. The van der Waals surface area contributed by atoms with Gasteiger partial charge in [0.05, 0.1) is 0 Å². The molecule has 0 aliphatic heterocycles. The van der Waals surface area contributed by atoms with E-state index in [4.69, 9.17) is 17.3 Å². The van der Waals surface area contributed by atoms with Crippen LogP contribution < -0.4 is 15.8 Å². The van der Waals surface area contributed by atoms with E-state index in [-0.39, 0.29) is 10.9 Å². The molecule has 0 unspecified atom stereocenters. The number of ether oxygens (including phenoxy) is 1. The Bertz CT molecular complexity index is 543. The van der Waals surface area contributed by atoms with Crippen LogP contribution in [-0.2, 0) is 0 Å². The number of benzene rings is 1. The highest BCUT2D eigenvalue weighted by molar-refractivity contribution is 6.29. The first kappa shape index (κ1) is 13.4. The fourth-order valence-corrected chi connectivity index (χ4v) is 1.67. The Kier molecular flexibility index (Phi) is 4.01. The van der Waals surface area contributed by atoms with Crippen molar-refractivity contribution in [2.45, 2.75) is 6.61 Å². The molecule has 19 heavy (non-hydrogen) atoms. The normalized spacial score (nSPS) is 10.5. The number of nitrogens with two attached hydrogens (primary N) is 1. The minimum absolute atomic E-state index is 0.0825. The lowest BCUT2D eigenvalue weighted by Gasteiger charge is -2.08. The lowest BCUT2D eigenvalue weighted by atomic mass is 10.3. The molecule has 0 atom stereocenters. The molecule has 0 aliphatic rings. The van der Waals surface area contributed by atoms with Crippen molar-refractivity contribution < 1.29 is 13.5 Å². The van der Waals surface area contributed by atoms with Crippen molar-refractivity contribution >= 4 is 28.8 Å². The maximum absolute atomic E-state index is 12.0. The zero-order valence-corrected chi connectivity index (χ0v) is 10.4. The summed E-state index contributed by atoms with van der Waals surface area (Å²) in [7, 11) is 0. The van der Waals surface area contributed by atoms with Crippen LogP contribution in [0, 0.1) is 0 Å². The number of pyridine rings is 1. The summed E-state index contributed by atoms with van der Waals surface area (Å²) in [5.41, 5.74) is 6.75. The van der Waals surface area contributed by atoms with E-state index in [0.29, 0.717) is 17.2 Å². The molecule has 7 heteroatoms. The molecule has 0 radical (unpaired) electrons. The lowest BCUT2D eigenvalue weighted by Crippen LogP contribution is -2.01. The molecule has 100 valence electrons. The van der Waals surface area contributed by atoms with E-state index in [1.807, 2.05) is 0 Å². The van der Waals surface area contributed by atoms with E-state index in [2.05, 4.69) is 15.0 Å². The summed E-state index contributed by atoms with van der Waals surface area (Å²) in [5.74, 6) is 0.548. The van der Waals surface area contributed by atoms with Gasteiger partial charge in [0, 0.05) is 17.4 Å². The zero-order valence-electron chi connectivity index (χ0n) is 9.61. The number of hydrogen-bond acceptors (Lipinski definition) is 4. The van der Waals surface area contributed by atoms with Gasteiger partial charge in [-0.2, -0.15) is 8.78 Å². The highest BCUT2D eigenvalue weighted by atomic mass is 35.5. The first-order valence-electron chi connectivity index (χ1n) is 5.28. The lowest BCUT2D eigenvalue weighted by molar-refractivity contribution is -0.0498. The molecule has 2 rings (SSSR count). The van der Waals surface area contributed by atoms with E-state index < -0.39 is 6.61 Å². The maximum Gasteiger partial charge on any atom is 0.387 e. The summed E-state index contributed by atoms with van der Waals surface area (Å²) in [6.45, 7) is -2.84. The van der Waals surface area contributed by atoms with Crippen LogP contribution in [0.2, 0.25) is 5.15 Å². The summed E-state index contributed by atoms with van der Waals surface area (Å²) in [6.07, 6.45) is 0. The predicted octanol–water partition coefficient (Wildman–Crippen LogP) is 3.66. The number of alkyl halides is 2. The van der Waals surface area contributed by atoms with Gasteiger partial charge in [0.25, 0.3) is 0 Å². The van der Waals surface area contributed by atoms with E-state index in [0.717, 1.165) is 0 Å². The number of nitrogens with zero attached hydrogens (tertiary/aromatic N) is 1. The summed E-state index contributed by atoms with van der Waals surface area (Å²) in [5, 5.41) is 3.21. The van der Waals surface area contributed by atoms with Crippen LogP contribution in [0.3, 0.4) is 0 Å². The van der Waals surface area contributed by atoms with Gasteiger partial charge >= 0.3 is 6.61 Å². The number of anilines is 3. The van der Waals surface area contributed by atoms with Gasteiger partial charge in [-0.1, -0.05) is 11.6 Å². The molecule has 4 nitrogen and oxygen atoms in total. The van der Waals surface area contributed by atoms with Gasteiger partial charge in [0.2, 0.25) is 0 Å². The highest BCUT2D eigenvalue weighted by Gasteiger charge is 2.04. The van der Waals surface area contributed by atoms with Gasteiger partial charge in [-0.3, -0.25) is 0 Å². The quantitative estimate of drug-likeness (QED) is 0.842. The Hall–Kier alpha value is -2.08. The Labute approximate surface area is 113 Å². The number of aromatic nitrogens is 1. The van der Waals surface area contributed by atoms with Crippen LogP contribution in [0.15, 0.2) is 36.4 Å². The van der Waals surface area contributed by atoms with Crippen molar-refractivity contribution in [1.29, 1.82) is 0 Å². The molecule has 0 saturated carbocycles. The Morgan fingerprint density at radius 1 is 1.21 bits per heavy atom. The van der Waals surface area contributed by atoms with Gasteiger partial charge in [0.1, 0.15) is 16.7 Å². The smallest absolute Gasteiger partial charge is 0.387 e. The third kappa shape index (κ3) is 3.96. The minimum atomic E-state index is -2.84. The first-order valence-corrected chi connectivity index (χ1v) is 5.66. The third-order valence-corrected chi connectivity index (χ3v) is 2.36. The predicted molar refractivity (Wildman–Crippen MR) is 70.0 cm³/mol. The summed E-state index contributed by atoms with van der Waals surface area (Å²) >= 11 is 5.76. The van der Waals surface area contributed by atoms with Crippen molar-refractivity contribution in [3.8, 4) is 5.75 Å². The molecule has 1 aromatic heterocycles. The van der Waals surface area contributed by atoms with Crippen molar-refractivity contribution in [3.05, 3.63) is 41.6 Å². The molecule has 1 heterocycles. The second-order valence-corrected chi connectivity index (χ2v) is 4.02. The van der Waals surface area contributed by atoms with E-state index in [9.17, 15) is 8.78 Å². The van der Waals surface area contributed by atoms with Gasteiger partial charge < -0.3 is 15.8 Å². The second kappa shape index (κ2) is 5.71. The molecule has 0 aliphatic carbocycles. The molecule has 3 N–H and O–H groups in total. The SMILES string of the molecule is Nc1cc(Cl)nc(Nc2ccc(OC(F)F)cc2)c1. The summed E-state index contributed by atoms with van der Waals surface area (Å²) < 4.78 is 28.2. The molecule has 0 bridgehead atoms. The first-order chi connectivity index (χ1) is 9.02. The van der Waals surface area contributed by atoms with Gasteiger partial charge in [0.15, 0.2) is 0 Å². The van der Waals surface area contributed by atoms with Crippen LogP contribution in [0.1, 0.15) is 0 Å². The van der Waals surface area contributed by atoms with Crippen LogP contribution in [0.4, 0.5) is 26.0 Å². The molecule has 0 fully saturated rings. The van der Waals surface area contributed by atoms with E-state index in [1.165, 1.54) is 18.2 Å². The number of hydrogen-bond donors (Lipinski definition) is 2. The molecule has 0 saturated heterocycles. The molecular formula is C12H10ClF2N3O. The number of halogens is 3. The van der Waals surface area contributed by atoms with Crippen LogP contribution >= 0.6 is 11.6 Å². The largest absolute Gasteiger partial charge is 0.435 e. The minimum Gasteiger partial charge on any atom is -0.435 e. The average molecular weight is 286 g/mol. The standard InChI is InChI=1S/C12H10ClF2N3O/c13-10-5-7(16)6-11(18-10)17-8-1-3-9(4-2-8)19-12(14)15/h1-6,12H,(H3,16,17,18). The highest BCUT2D eigenvalue weighted by Crippen LogP contribution is 2.22.